The number of aromatic nitrogens is 3. The molecule has 4 atom stereocenters. The second kappa shape index (κ2) is 7.44. The summed E-state index contributed by atoms with van der Waals surface area (Å²) in [4.78, 5) is 34.9. The highest BCUT2D eigenvalue weighted by Crippen LogP contribution is 2.39. The molecule has 10 nitrogen and oxygen atoms in total. The molecule has 1 fully saturated rings. The van der Waals surface area contributed by atoms with Crippen LogP contribution in [0.25, 0.3) is 11.0 Å². The number of aromatic amines is 2. The quantitative estimate of drug-likeness (QED) is 0.453. The van der Waals surface area contributed by atoms with Crippen molar-refractivity contribution in [2.75, 3.05) is 13.2 Å². The predicted molar refractivity (Wildman–Crippen MR) is 90.4 cm³/mol. The lowest BCUT2D eigenvalue weighted by Crippen LogP contribution is -2.43. The molecule has 0 aliphatic carbocycles. The summed E-state index contributed by atoms with van der Waals surface area (Å²) in [6.45, 7) is 1.59. The Labute approximate surface area is 148 Å². The van der Waals surface area contributed by atoms with E-state index >= 15 is 0 Å². The molecule has 0 radical (unpaired) electrons. The summed E-state index contributed by atoms with van der Waals surface area (Å²) in [6.07, 6.45) is 0.690. The third-order valence-corrected chi connectivity index (χ3v) is 4.66. The molecule has 3 heterocycles. The van der Waals surface area contributed by atoms with Gasteiger partial charge in [0.2, 0.25) is 0 Å². The van der Waals surface area contributed by atoms with E-state index in [2.05, 4.69) is 15.0 Å². The number of amides is 1. The largest absolute Gasteiger partial charge is 0.449 e. The number of H-pyrrole nitrogens is 2. The zero-order chi connectivity index (χ0) is 18.8. The van der Waals surface area contributed by atoms with Crippen LogP contribution < -0.4 is 5.56 Å². The maximum Gasteiger partial charge on any atom is 0.410 e. The van der Waals surface area contributed by atoms with Crippen LogP contribution in [-0.2, 0) is 4.74 Å². The Morgan fingerprint density at radius 2 is 2.12 bits per heavy atom. The van der Waals surface area contributed by atoms with Gasteiger partial charge in [0.1, 0.15) is 23.2 Å². The summed E-state index contributed by atoms with van der Waals surface area (Å²) in [5.74, 6) is 0. The number of nitrogens with zero attached hydrogens (tertiary/aromatic N) is 2. The molecule has 3 rings (SSSR count). The molecule has 1 aliphatic rings. The van der Waals surface area contributed by atoms with E-state index in [-0.39, 0.29) is 17.6 Å². The number of aliphatic hydroxyl groups excluding tert-OH is 3. The lowest BCUT2D eigenvalue weighted by Gasteiger charge is -2.28. The Hall–Kier alpha value is -2.43. The Bertz CT molecular complexity index is 833. The second-order valence-electron chi connectivity index (χ2n) is 6.25. The molecule has 1 saturated heterocycles. The van der Waals surface area contributed by atoms with Crippen molar-refractivity contribution < 1.29 is 24.9 Å². The summed E-state index contributed by atoms with van der Waals surface area (Å²) in [6, 6.07) is -2.05. The van der Waals surface area contributed by atoms with Gasteiger partial charge in [0.15, 0.2) is 0 Å². The number of carbonyl (C=O) groups excluding carboxylic acids is 1. The predicted octanol–water partition coefficient (Wildman–Crippen LogP) is -0.373. The van der Waals surface area contributed by atoms with E-state index in [1.165, 1.54) is 12.5 Å². The van der Waals surface area contributed by atoms with Gasteiger partial charge in [-0.05, 0) is 6.42 Å². The minimum Gasteiger partial charge on any atom is -0.449 e. The smallest absolute Gasteiger partial charge is 0.410 e. The lowest BCUT2D eigenvalue weighted by molar-refractivity contribution is 0.0174. The number of hydrogen-bond acceptors (Lipinski definition) is 7. The average Bonchev–Trinajstić information content (AvgIpc) is 3.15. The molecule has 10 heteroatoms. The van der Waals surface area contributed by atoms with Gasteiger partial charge < -0.3 is 30.0 Å². The van der Waals surface area contributed by atoms with Crippen LogP contribution in [-0.4, -0.2) is 72.7 Å². The molecule has 5 N–H and O–H groups in total. The third kappa shape index (κ3) is 2.96. The Morgan fingerprint density at radius 3 is 2.81 bits per heavy atom. The van der Waals surface area contributed by atoms with Crippen LogP contribution in [0.1, 0.15) is 31.4 Å². The highest BCUT2D eigenvalue weighted by molar-refractivity contribution is 5.80. The van der Waals surface area contributed by atoms with Crippen LogP contribution in [0.2, 0.25) is 0 Å². The Morgan fingerprint density at radius 1 is 1.35 bits per heavy atom. The molecule has 2 aromatic heterocycles. The van der Waals surface area contributed by atoms with Crippen LogP contribution >= 0.6 is 0 Å². The van der Waals surface area contributed by atoms with E-state index < -0.39 is 42.6 Å². The molecule has 4 unspecified atom stereocenters. The fraction of sp³-hybridized carbons (Fsp3) is 0.562. The molecule has 0 saturated carbocycles. The van der Waals surface area contributed by atoms with Crippen LogP contribution in [0, 0.1) is 0 Å². The number of unbranched alkanes of at least 4 members (excludes halogenated alkanes) is 1. The minimum atomic E-state index is -1.37. The van der Waals surface area contributed by atoms with E-state index in [1.807, 2.05) is 6.92 Å². The maximum absolute atomic E-state index is 12.6. The van der Waals surface area contributed by atoms with Gasteiger partial charge in [-0.15, -0.1) is 0 Å². The van der Waals surface area contributed by atoms with Crippen molar-refractivity contribution in [3.63, 3.8) is 0 Å². The summed E-state index contributed by atoms with van der Waals surface area (Å²) >= 11 is 0. The first-order chi connectivity index (χ1) is 12.5. The molecular weight excluding hydrogens is 344 g/mol. The van der Waals surface area contributed by atoms with Crippen LogP contribution in [0.5, 0.6) is 0 Å². The van der Waals surface area contributed by atoms with Crippen LogP contribution in [0.3, 0.4) is 0 Å². The minimum absolute atomic E-state index is 0.189. The molecule has 26 heavy (non-hydrogen) atoms. The molecule has 1 amide bonds. The second-order valence-corrected chi connectivity index (χ2v) is 6.25. The van der Waals surface area contributed by atoms with Crippen molar-refractivity contribution >= 4 is 17.1 Å². The van der Waals surface area contributed by atoms with Crippen LogP contribution in [0.15, 0.2) is 17.3 Å². The first kappa shape index (κ1) is 18.4. The van der Waals surface area contributed by atoms with Crippen molar-refractivity contribution in [2.45, 2.75) is 44.1 Å². The number of likely N-dealkylation sites (tertiary alicyclic amines) is 1. The number of aliphatic hydroxyl groups is 3. The van der Waals surface area contributed by atoms with E-state index in [4.69, 9.17) is 4.74 Å². The first-order valence-corrected chi connectivity index (χ1v) is 8.48. The molecule has 0 spiro atoms. The van der Waals surface area contributed by atoms with Gasteiger partial charge in [0, 0.05) is 11.8 Å². The topological polar surface area (TPSA) is 152 Å². The zero-order valence-electron chi connectivity index (χ0n) is 14.3. The fourth-order valence-electron chi connectivity index (χ4n) is 3.30. The highest BCUT2D eigenvalue weighted by atomic mass is 16.6. The summed E-state index contributed by atoms with van der Waals surface area (Å²) in [7, 11) is 0. The number of ether oxygens (including phenoxy) is 1. The van der Waals surface area contributed by atoms with Gasteiger partial charge in [-0.2, -0.15) is 0 Å². The normalized spacial score (nSPS) is 25.8. The van der Waals surface area contributed by atoms with Gasteiger partial charge >= 0.3 is 6.09 Å². The van der Waals surface area contributed by atoms with Gasteiger partial charge in [0.25, 0.3) is 5.56 Å². The van der Waals surface area contributed by atoms with Gasteiger partial charge in [-0.3, -0.25) is 9.69 Å². The van der Waals surface area contributed by atoms with Gasteiger partial charge in [0.05, 0.1) is 31.6 Å². The summed E-state index contributed by atoms with van der Waals surface area (Å²) in [5, 5.41) is 30.4. The van der Waals surface area contributed by atoms with Gasteiger partial charge in [-0.25, -0.2) is 9.78 Å². The van der Waals surface area contributed by atoms with E-state index in [0.29, 0.717) is 12.0 Å². The molecule has 0 aromatic carbocycles. The molecule has 2 aromatic rings. The summed E-state index contributed by atoms with van der Waals surface area (Å²) in [5.41, 5.74) is 0.428. The fourth-order valence-corrected chi connectivity index (χ4v) is 3.30. The summed E-state index contributed by atoms with van der Waals surface area (Å²) < 4.78 is 5.21. The highest BCUT2D eigenvalue weighted by Gasteiger charge is 2.51. The average molecular weight is 366 g/mol. The molecule has 1 aliphatic heterocycles. The first-order valence-electron chi connectivity index (χ1n) is 8.48. The monoisotopic (exact) mass is 366 g/mol. The lowest BCUT2D eigenvalue weighted by atomic mass is 10.0. The van der Waals surface area contributed by atoms with Crippen molar-refractivity contribution in [2.24, 2.45) is 0 Å². The maximum atomic E-state index is 12.6. The van der Waals surface area contributed by atoms with Crippen molar-refractivity contribution in [3.05, 3.63) is 28.4 Å². The number of nitrogens with one attached hydrogen (secondary N) is 2. The van der Waals surface area contributed by atoms with Crippen LogP contribution in [0.4, 0.5) is 4.79 Å². The zero-order valence-corrected chi connectivity index (χ0v) is 14.3. The van der Waals surface area contributed by atoms with Crippen molar-refractivity contribution in [1.82, 2.24) is 19.9 Å². The van der Waals surface area contributed by atoms with E-state index in [9.17, 15) is 24.9 Å². The third-order valence-electron chi connectivity index (χ3n) is 4.66. The molecular formula is C16H22N4O6. The number of rotatable bonds is 5. The molecule has 142 valence electrons. The molecule has 0 bridgehead atoms. The SMILES string of the molecule is CCCCOC(=O)N1C(CO)C(O)C(O)C1c1c[nH]c2c(=O)[nH]cnc12. The van der Waals surface area contributed by atoms with Crippen molar-refractivity contribution in [3.8, 4) is 0 Å². The standard InChI is InChI=1S/C16H22N4O6/c1-2-3-4-26-16(25)20-9(6-21)13(22)14(23)12(20)8-5-17-11-10(8)18-7-19-15(11)24/h5,7,9,12-14,17,21-23H,2-4,6H2,1H3,(H,18,19,24). The van der Waals surface area contributed by atoms with E-state index in [1.54, 1.807) is 0 Å². The van der Waals surface area contributed by atoms with E-state index in [0.717, 1.165) is 11.3 Å². The number of hydrogen-bond donors (Lipinski definition) is 5. The van der Waals surface area contributed by atoms with Crippen molar-refractivity contribution in [1.29, 1.82) is 0 Å². The van der Waals surface area contributed by atoms with Gasteiger partial charge in [-0.1, -0.05) is 13.3 Å². The number of fused-ring (bicyclic) bond motifs is 1. The Kier molecular flexibility index (Phi) is 5.25. The number of carbonyl (C=O) groups is 1. The Balaban J connectivity index is 2.02.